The summed E-state index contributed by atoms with van der Waals surface area (Å²) in [5, 5.41) is 8.88. The number of H-pyrrole nitrogens is 1. The zero-order chi connectivity index (χ0) is 14.6. The maximum Gasteiger partial charge on any atom is 0.307 e. The number of nitrogens with one attached hydrogen (secondary N) is 1. The van der Waals surface area contributed by atoms with Crippen LogP contribution in [0.25, 0.3) is 16.9 Å². The van der Waals surface area contributed by atoms with Gasteiger partial charge in [-0.1, -0.05) is 18.2 Å². The van der Waals surface area contributed by atoms with Gasteiger partial charge in [0.2, 0.25) is 5.65 Å². The number of nitrogens with zero attached hydrogens (tertiary/aromatic N) is 2. The number of aromatic nitrogens is 3. The lowest BCUT2D eigenvalue weighted by atomic mass is 10.0. The predicted molar refractivity (Wildman–Crippen MR) is 75.4 cm³/mol. The molecule has 104 valence electrons. The third-order valence-electron chi connectivity index (χ3n) is 3.81. The third kappa shape index (κ3) is 1.69. The fourth-order valence-electron chi connectivity index (χ4n) is 2.95. The fourth-order valence-corrected chi connectivity index (χ4v) is 2.95. The van der Waals surface area contributed by atoms with E-state index >= 15 is 0 Å². The summed E-state index contributed by atoms with van der Waals surface area (Å²) in [5.74, 6) is -0.851. The van der Waals surface area contributed by atoms with E-state index in [9.17, 15) is 9.59 Å². The van der Waals surface area contributed by atoms with Crippen molar-refractivity contribution in [3.63, 3.8) is 0 Å². The van der Waals surface area contributed by atoms with Gasteiger partial charge in [0.15, 0.2) is 0 Å². The van der Waals surface area contributed by atoms with Crippen molar-refractivity contribution in [3.05, 3.63) is 57.8 Å². The molecular weight excluding hydrogens is 270 g/mol. The molecule has 0 saturated carbocycles. The molecule has 2 aromatic heterocycles. The lowest BCUT2D eigenvalue weighted by molar-refractivity contribution is -0.136. The van der Waals surface area contributed by atoms with E-state index in [4.69, 9.17) is 5.11 Å². The molecule has 0 amide bonds. The van der Waals surface area contributed by atoms with Crippen LogP contribution in [0.2, 0.25) is 0 Å². The second-order valence-corrected chi connectivity index (χ2v) is 5.14. The molecule has 0 bridgehead atoms. The Morgan fingerprint density at radius 3 is 3.10 bits per heavy atom. The Bertz CT molecular complexity index is 952. The summed E-state index contributed by atoms with van der Waals surface area (Å²) in [6.45, 7) is 0. The Morgan fingerprint density at radius 2 is 2.29 bits per heavy atom. The highest BCUT2D eigenvalue weighted by molar-refractivity contribution is 5.75. The predicted octanol–water partition coefficient (Wildman–Crippen LogP) is 1.22. The minimum atomic E-state index is -0.851. The van der Waals surface area contributed by atoms with Crippen LogP contribution in [0.1, 0.15) is 16.8 Å². The molecule has 0 radical (unpaired) electrons. The molecule has 21 heavy (non-hydrogen) atoms. The molecule has 0 saturated heterocycles. The third-order valence-corrected chi connectivity index (χ3v) is 3.81. The first-order valence-corrected chi connectivity index (χ1v) is 6.55. The minimum Gasteiger partial charge on any atom is -0.481 e. The van der Waals surface area contributed by atoms with E-state index in [0.29, 0.717) is 12.1 Å². The largest absolute Gasteiger partial charge is 0.481 e. The number of fused-ring (bicyclic) bond motifs is 5. The average Bonchev–Trinajstić information content (AvgIpc) is 3.02. The van der Waals surface area contributed by atoms with Crippen LogP contribution in [0, 0.1) is 0 Å². The first-order chi connectivity index (χ1) is 10.1. The number of benzene rings is 1. The van der Waals surface area contributed by atoms with Crippen molar-refractivity contribution in [3.8, 4) is 11.3 Å². The van der Waals surface area contributed by atoms with E-state index in [1.54, 1.807) is 22.9 Å². The maximum absolute atomic E-state index is 12.0. The van der Waals surface area contributed by atoms with E-state index in [0.717, 1.165) is 28.1 Å². The number of hydrogen-bond donors (Lipinski definition) is 2. The zero-order valence-electron chi connectivity index (χ0n) is 11.0. The topological polar surface area (TPSA) is 87.5 Å². The maximum atomic E-state index is 12.0. The van der Waals surface area contributed by atoms with Crippen LogP contribution >= 0.6 is 0 Å². The molecule has 2 heterocycles. The standard InChI is InChI=1S/C15H11N3O3/c19-12(20)6-8-1-2-10-9(5-8)7-11-13(10)17-15(21)14-16-3-4-18(11)14/h1-5H,6-7H2,(H,17,21)(H,19,20). The van der Waals surface area contributed by atoms with Crippen molar-refractivity contribution in [2.24, 2.45) is 0 Å². The average molecular weight is 281 g/mol. The monoisotopic (exact) mass is 281 g/mol. The van der Waals surface area contributed by atoms with Crippen molar-refractivity contribution < 1.29 is 9.90 Å². The van der Waals surface area contributed by atoms with Gasteiger partial charge in [0.05, 0.1) is 17.8 Å². The second kappa shape index (κ2) is 4.05. The summed E-state index contributed by atoms with van der Waals surface area (Å²) < 4.78 is 1.80. The summed E-state index contributed by atoms with van der Waals surface area (Å²) in [7, 11) is 0. The highest BCUT2D eigenvalue weighted by Gasteiger charge is 2.23. The van der Waals surface area contributed by atoms with Crippen molar-refractivity contribution in [1.29, 1.82) is 0 Å². The van der Waals surface area contributed by atoms with Gasteiger partial charge in [-0.3, -0.25) is 14.0 Å². The number of carbonyl (C=O) groups is 1. The van der Waals surface area contributed by atoms with Crippen LogP contribution in [0.5, 0.6) is 0 Å². The van der Waals surface area contributed by atoms with Crippen LogP contribution < -0.4 is 5.56 Å². The number of hydrogen-bond acceptors (Lipinski definition) is 3. The summed E-state index contributed by atoms with van der Waals surface area (Å²) in [4.78, 5) is 29.8. The molecule has 6 heteroatoms. The van der Waals surface area contributed by atoms with Crippen molar-refractivity contribution in [2.75, 3.05) is 0 Å². The van der Waals surface area contributed by atoms with Gasteiger partial charge < -0.3 is 10.1 Å². The van der Waals surface area contributed by atoms with Gasteiger partial charge in [-0.2, -0.15) is 0 Å². The van der Waals surface area contributed by atoms with Crippen LogP contribution in [-0.2, 0) is 17.6 Å². The lowest BCUT2D eigenvalue weighted by Crippen LogP contribution is -2.13. The number of imidazole rings is 1. The van der Waals surface area contributed by atoms with Crippen LogP contribution in [-0.4, -0.2) is 25.4 Å². The van der Waals surface area contributed by atoms with E-state index in [1.807, 2.05) is 12.1 Å². The fraction of sp³-hybridized carbons (Fsp3) is 0.133. The van der Waals surface area contributed by atoms with E-state index in [2.05, 4.69) is 9.97 Å². The van der Waals surface area contributed by atoms with E-state index in [1.165, 1.54) is 0 Å². The quantitative estimate of drug-likeness (QED) is 0.578. The van der Waals surface area contributed by atoms with Gasteiger partial charge in [-0.25, -0.2) is 4.98 Å². The molecule has 0 unspecified atom stereocenters. The molecule has 0 spiro atoms. The van der Waals surface area contributed by atoms with Gasteiger partial charge in [0, 0.05) is 24.4 Å². The SMILES string of the molecule is O=C(O)Cc1ccc2c(c1)Cc1c-2[nH]c(=O)c2nccn12. The number of rotatable bonds is 2. The molecule has 4 rings (SSSR count). The molecule has 0 fully saturated rings. The molecule has 2 N–H and O–H groups in total. The van der Waals surface area contributed by atoms with Gasteiger partial charge in [0.25, 0.3) is 5.56 Å². The Balaban J connectivity index is 1.91. The second-order valence-electron chi connectivity index (χ2n) is 5.14. The Kier molecular flexibility index (Phi) is 2.29. The van der Waals surface area contributed by atoms with Crippen LogP contribution in [0.3, 0.4) is 0 Å². The van der Waals surface area contributed by atoms with Crippen molar-refractivity contribution >= 4 is 11.6 Å². The summed E-state index contributed by atoms with van der Waals surface area (Å²) >= 11 is 0. The first-order valence-electron chi connectivity index (χ1n) is 6.55. The molecular formula is C15H11N3O3. The molecule has 0 aliphatic heterocycles. The lowest BCUT2D eigenvalue weighted by Gasteiger charge is -2.03. The molecule has 6 nitrogen and oxygen atoms in total. The number of aromatic amines is 1. The zero-order valence-corrected chi connectivity index (χ0v) is 11.0. The number of aliphatic carboxylic acids is 1. The smallest absolute Gasteiger partial charge is 0.307 e. The number of carboxylic acids is 1. The van der Waals surface area contributed by atoms with Gasteiger partial charge in [-0.05, 0) is 11.1 Å². The molecule has 0 atom stereocenters. The van der Waals surface area contributed by atoms with Crippen LogP contribution in [0.4, 0.5) is 0 Å². The van der Waals surface area contributed by atoms with Gasteiger partial charge >= 0.3 is 5.97 Å². The summed E-state index contributed by atoms with van der Waals surface area (Å²) in [5.41, 5.74) is 4.67. The molecule has 3 aromatic rings. The van der Waals surface area contributed by atoms with Crippen molar-refractivity contribution in [2.45, 2.75) is 12.8 Å². The Hall–Kier alpha value is -2.89. The van der Waals surface area contributed by atoms with Gasteiger partial charge in [0.1, 0.15) is 0 Å². The highest BCUT2D eigenvalue weighted by Crippen LogP contribution is 2.34. The van der Waals surface area contributed by atoms with E-state index < -0.39 is 5.97 Å². The molecule has 1 aromatic carbocycles. The minimum absolute atomic E-state index is 0.000626. The molecule has 1 aliphatic carbocycles. The first kappa shape index (κ1) is 11.9. The van der Waals surface area contributed by atoms with Crippen LogP contribution in [0.15, 0.2) is 35.4 Å². The number of carboxylic acid groups (broad SMARTS) is 1. The normalized spacial score (nSPS) is 12.4. The summed E-state index contributed by atoms with van der Waals surface area (Å²) in [6.07, 6.45) is 4.03. The van der Waals surface area contributed by atoms with Crippen molar-refractivity contribution in [1.82, 2.24) is 14.4 Å². The highest BCUT2D eigenvalue weighted by atomic mass is 16.4. The van der Waals surface area contributed by atoms with Gasteiger partial charge in [-0.15, -0.1) is 0 Å². The Labute approximate surface area is 118 Å². The molecule has 1 aliphatic rings. The Morgan fingerprint density at radius 1 is 1.43 bits per heavy atom. The van der Waals surface area contributed by atoms with E-state index in [-0.39, 0.29) is 12.0 Å². The summed E-state index contributed by atoms with van der Waals surface area (Å²) in [6, 6.07) is 5.56.